The van der Waals surface area contributed by atoms with Crippen LogP contribution >= 0.6 is 58.6 Å². The highest BCUT2D eigenvalue weighted by Crippen LogP contribution is 2.34. The van der Waals surface area contributed by atoms with Crippen molar-refractivity contribution in [1.29, 1.82) is 0 Å². The number of amides is 1. The summed E-state index contributed by atoms with van der Waals surface area (Å²) in [5, 5.41) is 15.9. The van der Waals surface area contributed by atoms with Gasteiger partial charge in [0.25, 0.3) is 0 Å². The number of benzene rings is 2. The van der Waals surface area contributed by atoms with Crippen molar-refractivity contribution in [3.63, 3.8) is 0 Å². The lowest BCUT2D eigenvalue weighted by Gasteiger charge is -2.10. The molecule has 0 unspecified atom stereocenters. The first-order valence-corrected chi connectivity index (χ1v) is 10.2. The van der Waals surface area contributed by atoms with E-state index in [1.54, 1.807) is 30.3 Å². The summed E-state index contributed by atoms with van der Waals surface area (Å²) in [4.78, 5) is 12.1. The summed E-state index contributed by atoms with van der Waals surface area (Å²) in [5.74, 6) is 0.266. The van der Waals surface area contributed by atoms with Crippen LogP contribution < -0.4 is 10.6 Å². The number of thiocarbonyl (C=S) groups is 1. The van der Waals surface area contributed by atoms with Crippen molar-refractivity contribution in [2.75, 3.05) is 5.32 Å². The number of aromatic hydroxyl groups is 1. The molecule has 3 rings (SSSR count). The predicted octanol–water partition coefficient (Wildman–Crippen LogP) is 6.79. The summed E-state index contributed by atoms with van der Waals surface area (Å²) in [6.07, 6.45) is 2.75. The first-order chi connectivity index (χ1) is 14.2. The van der Waals surface area contributed by atoms with Crippen LogP contribution in [0, 0.1) is 0 Å². The van der Waals surface area contributed by atoms with Gasteiger partial charge in [0, 0.05) is 22.3 Å². The van der Waals surface area contributed by atoms with Gasteiger partial charge < -0.3 is 14.8 Å². The monoisotopic (exact) mass is 500 g/mol. The first kappa shape index (κ1) is 22.5. The summed E-state index contributed by atoms with van der Waals surface area (Å²) >= 11 is 28.9. The second-order valence-electron chi connectivity index (χ2n) is 5.89. The molecular formula is C20H12Cl4N2O3S. The number of phenols is 1. The van der Waals surface area contributed by atoms with E-state index in [2.05, 4.69) is 10.6 Å². The van der Waals surface area contributed by atoms with Gasteiger partial charge in [0.1, 0.15) is 11.5 Å². The Bertz CT molecular complexity index is 1140. The molecule has 1 aromatic heterocycles. The maximum Gasteiger partial charge on any atom is 0.250 e. The van der Waals surface area contributed by atoms with Crippen molar-refractivity contribution >= 4 is 81.4 Å². The normalized spacial score (nSPS) is 10.9. The average Bonchev–Trinajstić information content (AvgIpc) is 3.13. The van der Waals surface area contributed by atoms with Crippen LogP contribution in [0.4, 0.5) is 5.69 Å². The standard InChI is InChI=1S/C20H12Cl4N2O3S/c21-10-1-4-13(14(22)7-10)17-5-2-12(29-17)3-6-18(27)26-20(30)25-11-8-15(23)19(28)16(24)9-11/h1-9,28H,(H2,25,26,27,30)/b6-3+. The molecule has 30 heavy (non-hydrogen) atoms. The van der Waals surface area contributed by atoms with Crippen molar-refractivity contribution in [3.8, 4) is 17.1 Å². The van der Waals surface area contributed by atoms with Crippen LogP contribution in [0.2, 0.25) is 20.1 Å². The van der Waals surface area contributed by atoms with Gasteiger partial charge in [0.2, 0.25) is 5.91 Å². The highest BCUT2D eigenvalue weighted by Gasteiger charge is 2.10. The lowest BCUT2D eigenvalue weighted by Crippen LogP contribution is -2.32. The number of anilines is 1. The number of hydrogen-bond donors (Lipinski definition) is 3. The topological polar surface area (TPSA) is 74.5 Å². The van der Waals surface area contributed by atoms with Crippen LogP contribution in [0.15, 0.2) is 53.0 Å². The van der Waals surface area contributed by atoms with E-state index in [9.17, 15) is 9.90 Å². The Hall–Kier alpha value is -2.22. The minimum Gasteiger partial charge on any atom is -0.505 e. The molecule has 0 atom stereocenters. The molecule has 1 heterocycles. The number of furan rings is 1. The number of carbonyl (C=O) groups excluding carboxylic acids is 1. The number of phenolic OH excluding ortho intramolecular Hbond substituents is 1. The van der Waals surface area contributed by atoms with E-state index in [0.29, 0.717) is 32.8 Å². The molecule has 154 valence electrons. The van der Waals surface area contributed by atoms with Gasteiger partial charge in [0.05, 0.1) is 15.1 Å². The third kappa shape index (κ3) is 5.68. The molecule has 1 amide bonds. The Kier molecular flexibility index (Phi) is 7.28. The van der Waals surface area contributed by atoms with E-state index < -0.39 is 5.91 Å². The second kappa shape index (κ2) is 9.73. The SMILES string of the molecule is O=C(/C=C/c1ccc(-c2ccc(Cl)cc2Cl)o1)NC(=S)Nc1cc(Cl)c(O)c(Cl)c1. The fourth-order valence-corrected chi connectivity index (χ4v) is 3.60. The molecule has 0 aliphatic rings. The number of halogens is 4. The molecular weight excluding hydrogens is 490 g/mol. The van der Waals surface area contributed by atoms with Crippen LogP contribution in [-0.2, 0) is 4.79 Å². The number of hydrogen-bond acceptors (Lipinski definition) is 4. The summed E-state index contributed by atoms with van der Waals surface area (Å²) in [5.41, 5.74) is 1.09. The molecule has 0 aliphatic heterocycles. The summed E-state index contributed by atoms with van der Waals surface area (Å²) in [7, 11) is 0. The van der Waals surface area contributed by atoms with E-state index in [4.69, 9.17) is 63.0 Å². The fraction of sp³-hybridized carbons (Fsp3) is 0. The van der Waals surface area contributed by atoms with E-state index in [1.165, 1.54) is 24.3 Å². The third-order valence-corrected chi connectivity index (χ3v) is 5.06. The molecule has 0 bridgehead atoms. The van der Waals surface area contributed by atoms with Crippen molar-refractivity contribution in [2.45, 2.75) is 0 Å². The van der Waals surface area contributed by atoms with Gasteiger partial charge in [-0.2, -0.15) is 0 Å². The zero-order chi connectivity index (χ0) is 21.8. The van der Waals surface area contributed by atoms with Crippen LogP contribution in [0.1, 0.15) is 5.76 Å². The molecule has 0 saturated carbocycles. The Morgan fingerprint density at radius 3 is 2.37 bits per heavy atom. The van der Waals surface area contributed by atoms with E-state index in [-0.39, 0.29) is 20.9 Å². The molecule has 0 fully saturated rings. The lowest BCUT2D eigenvalue weighted by atomic mass is 10.2. The first-order valence-electron chi connectivity index (χ1n) is 8.26. The van der Waals surface area contributed by atoms with Gasteiger partial charge in [-0.3, -0.25) is 10.1 Å². The maximum absolute atomic E-state index is 12.1. The number of rotatable bonds is 4. The van der Waals surface area contributed by atoms with Gasteiger partial charge >= 0.3 is 0 Å². The summed E-state index contributed by atoms with van der Waals surface area (Å²) in [6, 6.07) is 11.3. The minimum absolute atomic E-state index is 0.0237. The summed E-state index contributed by atoms with van der Waals surface area (Å²) in [6.45, 7) is 0. The highest BCUT2D eigenvalue weighted by molar-refractivity contribution is 7.80. The minimum atomic E-state index is -0.481. The fourth-order valence-electron chi connectivity index (χ4n) is 2.39. The van der Waals surface area contributed by atoms with E-state index >= 15 is 0 Å². The molecule has 0 radical (unpaired) electrons. The lowest BCUT2D eigenvalue weighted by molar-refractivity contribution is -0.115. The van der Waals surface area contributed by atoms with Gasteiger partial charge in [-0.05, 0) is 60.8 Å². The zero-order valence-corrected chi connectivity index (χ0v) is 18.7. The van der Waals surface area contributed by atoms with Gasteiger partial charge in [-0.25, -0.2) is 0 Å². The Morgan fingerprint density at radius 1 is 1.00 bits per heavy atom. The van der Waals surface area contributed by atoms with E-state index in [0.717, 1.165) is 0 Å². The molecule has 0 aliphatic carbocycles. The van der Waals surface area contributed by atoms with Crippen molar-refractivity contribution < 1.29 is 14.3 Å². The molecule has 10 heteroatoms. The van der Waals surface area contributed by atoms with Gasteiger partial charge in [0.15, 0.2) is 10.9 Å². The van der Waals surface area contributed by atoms with Crippen LogP contribution in [0.3, 0.4) is 0 Å². The largest absolute Gasteiger partial charge is 0.505 e. The Morgan fingerprint density at radius 2 is 1.70 bits per heavy atom. The van der Waals surface area contributed by atoms with Crippen LogP contribution in [-0.4, -0.2) is 16.1 Å². The molecule has 3 N–H and O–H groups in total. The van der Waals surface area contributed by atoms with Crippen molar-refractivity contribution in [3.05, 3.63) is 74.4 Å². The number of nitrogens with one attached hydrogen (secondary N) is 2. The molecule has 2 aromatic carbocycles. The highest BCUT2D eigenvalue weighted by atomic mass is 35.5. The predicted molar refractivity (Wildman–Crippen MR) is 126 cm³/mol. The Labute approximate surface area is 197 Å². The quantitative estimate of drug-likeness (QED) is 0.208. The number of carbonyl (C=O) groups is 1. The molecule has 5 nitrogen and oxygen atoms in total. The molecule has 0 spiro atoms. The van der Waals surface area contributed by atoms with Crippen molar-refractivity contribution in [1.82, 2.24) is 5.32 Å². The average molecular weight is 502 g/mol. The van der Waals surface area contributed by atoms with Crippen LogP contribution in [0.25, 0.3) is 17.4 Å². The van der Waals surface area contributed by atoms with Gasteiger partial charge in [-0.1, -0.05) is 46.4 Å². The smallest absolute Gasteiger partial charge is 0.250 e. The third-order valence-electron chi connectivity index (χ3n) is 3.73. The zero-order valence-electron chi connectivity index (χ0n) is 14.9. The molecule has 0 saturated heterocycles. The van der Waals surface area contributed by atoms with Crippen molar-refractivity contribution in [2.24, 2.45) is 0 Å². The van der Waals surface area contributed by atoms with Crippen LogP contribution in [0.5, 0.6) is 5.75 Å². The second-order valence-corrected chi connectivity index (χ2v) is 7.96. The maximum atomic E-state index is 12.1. The Balaban J connectivity index is 1.61. The van der Waals surface area contributed by atoms with Gasteiger partial charge in [-0.15, -0.1) is 0 Å². The summed E-state index contributed by atoms with van der Waals surface area (Å²) < 4.78 is 5.68. The van der Waals surface area contributed by atoms with E-state index in [1.807, 2.05) is 0 Å². The molecule has 3 aromatic rings.